The van der Waals surface area contributed by atoms with Gasteiger partial charge >= 0.3 is 11.6 Å². The van der Waals surface area contributed by atoms with Gasteiger partial charge in [-0.1, -0.05) is 15.9 Å². The van der Waals surface area contributed by atoms with Crippen molar-refractivity contribution in [1.29, 1.82) is 0 Å². The van der Waals surface area contributed by atoms with E-state index in [0.29, 0.717) is 0 Å². The molecule has 1 aromatic carbocycles. The molecule has 0 unspecified atom stereocenters. The lowest BCUT2D eigenvalue weighted by molar-refractivity contribution is -0.386. The Bertz CT molecular complexity index is 702. The zero-order valence-corrected chi connectivity index (χ0v) is 11.7. The molecule has 0 aliphatic rings. The molecule has 6 nitrogen and oxygen atoms in total. The molecule has 0 saturated carbocycles. The topological polar surface area (TPSA) is 78.2 Å². The highest BCUT2D eigenvalue weighted by atomic mass is 79.9. The van der Waals surface area contributed by atoms with E-state index in [9.17, 15) is 18.9 Å². The average molecular weight is 367 g/mol. The van der Waals surface area contributed by atoms with Gasteiger partial charge in [0.1, 0.15) is 6.20 Å². The van der Waals surface area contributed by atoms with E-state index < -0.39 is 33.9 Å². The van der Waals surface area contributed by atoms with Gasteiger partial charge in [0, 0.05) is 4.47 Å². The van der Waals surface area contributed by atoms with Gasteiger partial charge < -0.3 is 4.74 Å². The summed E-state index contributed by atoms with van der Waals surface area (Å²) in [6.45, 7) is 0. The van der Waals surface area contributed by atoms with E-state index in [2.05, 4.69) is 25.9 Å². The Morgan fingerprint density at radius 2 is 2.10 bits per heavy atom. The number of benzene rings is 1. The first kappa shape index (κ1) is 14.5. The van der Waals surface area contributed by atoms with Crippen molar-refractivity contribution >= 4 is 33.2 Å². The first-order valence-electron chi connectivity index (χ1n) is 4.88. The van der Waals surface area contributed by atoms with Crippen LogP contribution in [0.25, 0.3) is 0 Å². The second-order valence-electron chi connectivity index (χ2n) is 3.39. The predicted octanol–water partition coefficient (Wildman–Crippen LogP) is 3.87. The number of halogens is 4. The molecule has 1 aromatic heterocycles. The number of aromatic nitrogens is 2. The SMILES string of the molecule is O=[N+]([O-])c1cnc(Cl)nc1Oc1cc(Br)cc(F)c1F. The third-order valence-corrected chi connectivity index (χ3v) is 2.71. The van der Waals surface area contributed by atoms with E-state index in [1.807, 2.05) is 0 Å². The average Bonchev–Trinajstić information content (AvgIpc) is 2.35. The highest BCUT2D eigenvalue weighted by molar-refractivity contribution is 9.10. The first-order chi connectivity index (χ1) is 9.38. The van der Waals surface area contributed by atoms with Crippen LogP contribution in [-0.2, 0) is 0 Å². The van der Waals surface area contributed by atoms with Gasteiger partial charge in [0.15, 0.2) is 11.6 Å². The summed E-state index contributed by atoms with van der Waals surface area (Å²) in [6.07, 6.45) is 0.802. The predicted molar refractivity (Wildman–Crippen MR) is 67.8 cm³/mol. The van der Waals surface area contributed by atoms with Crippen molar-refractivity contribution in [3.05, 3.63) is 49.8 Å². The minimum Gasteiger partial charge on any atom is -0.430 e. The van der Waals surface area contributed by atoms with E-state index >= 15 is 0 Å². The van der Waals surface area contributed by atoms with Gasteiger partial charge in [-0.05, 0) is 23.7 Å². The van der Waals surface area contributed by atoms with E-state index in [-0.39, 0.29) is 9.76 Å². The van der Waals surface area contributed by atoms with Crippen molar-refractivity contribution in [3.63, 3.8) is 0 Å². The van der Waals surface area contributed by atoms with E-state index in [1.54, 1.807) is 0 Å². The fourth-order valence-electron chi connectivity index (χ4n) is 1.25. The Labute approximate surface area is 123 Å². The molecule has 0 fully saturated rings. The summed E-state index contributed by atoms with van der Waals surface area (Å²) in [5, 5.41) is 10.4. The fraction of sp³-hybridized carbons (Fsp3) is 0. The molecule has 0 N–H and O–H groups in total. The minimum atomic E-state index is -1.31. The number of rotatable bonds is 3. The molecule has 0 amide bonds. The van der Waals surface area contributed by atoms with Crippen LogP contribution in [-0.4, -0.2) is 14.9 Å². The maximum Gasteiger partial charge on any atom is 0.349 e. The van der Waals surface area contributed by atoms with Crippen molar-refractivity contribution in [1.82, 2.24) is 9.97 Å². The molecule has 2 rings (SSSR count). The summed E-state index contributed by atoms with van der Waals surface area (Å²) in [5.41, 5.74) is -0.630. The van der Waals surface area contributed by atoms with Gasteiger partial charge in [-0.2, -0.15) is 9.37 Å². The highest BCUT2D eigenvalue weighted by Gasteiger charge is 2.22. The lowest BCUT2D eigenvalue weighted by atomic mass is 10.3. The second kappa shape index (κ2) is 5.63. The molecule has 0 saturated heterocycles. The molecule has 2 aromatic rings. The summed E-state index contributed by atoms with van der Waals surface area (Å²) in [5.74, 6) is -3.66. The molecule has 0 aliphatic carbocycles. The molecule has 1 heterocycles. The third kappa shape index (κ3) is 2.99. The van der Waals surface area contributed by atoms with Crippen molar-refractivity contribution in [2.45, 2.75) is 0 Å². The van der Waals surface area contributed by atoms with Crippen LogP contribution in [0.3, 0.4) is 0 Å². The highest BCUT2D eigenvalue weighted by Crippen LogP contribution is 2.33. The normalized spacial score (nSPS) is 10.4. The van der Waals surface area contributed by atoms with Crippen LogP contribution >= 0.6 is 27.5 Å². The Kier molecular flexibility index (Phi) is 4.09. The standard InChI is InChI=1S/C10H3BrClF2N3O3/c11-4-1-5(13)8(14)7(2-4)20-9-6(17(18)19)3-15-10(12)16-9/h1-3H. The van der Waals surface area contributed by atoms with Crippen LogP contribution in [0.1, 0.15) is 0 Å². The van der Waals surface area contributed by atoms with Gasteiger partial charge in [0.05, 0.1) is 4.92 Å². The Balaban J connectivity index is 2.50. The van der Waals surface area contributed by atoms with Gasteiger partial charge in [0.2, 0.25) is 11.1 Å². The van der Waals surface area contributed by atoms with E-state index in [0.717, 1.165) is 18.3 Å². The van der Waals surface area contributed by atoms with Crippen LogP contribution in [0.15, 0.2) is 22.8 Å². The van der Waals surface area contributed by atoms with Crippen LogP contribution in [0, 0.1) is 21.7 Å². The number of nitrogens with zero attached hydrogens (tertiary/aromatic N) is 3. The van der Waals surface area contributed by atoms with Gasteiger partial charge in [-0.3, -0.25) is 10.1 Å². The fourth-order valence-corrected chi connectivity index (χ4v) is 1.79. The van der Waals surface area contributed by atoms with Gasteiger partial charge in [-0.25, -0.2) is 9.37 Å². The molecule has 104 valence electrons. The molecule has 0 spiro atoms. The second-order valence-corrected chi connectivity index (χ2v) is 4.64. The zero-order chi connectivity index (χ0) is 14.9. The van der Waals surface area contributed by atoms with Gasteiger partial charge in [0.25, 0.3) is 0 Å². The van der Waals surface area contributed by atoms with Crippen molar-refractivity contribution < 1.29 is 18.4 Å². The molecule has 0 radical (unpaired) electrons. The third-order valence-electron chi connectivity index (χ3n) is 2.07. The van der Waals surface area contributed by atoms with Gasteiger partial charge in [-0.15, -0.1) is 0 Å². The number of hydrogen-bond acceptors (Lipinski definition) is 5. The lowest BCUT2D eigenvalue weighted by Gasteiger charge is -2.07. The molecule has 0 aliphatic heterocycles. The molecule has 20 heavy (non-hydrogen) atoms. The molecule has 0 bridgehead atoms. The van der Waals surface area contributed by atoms with Crippen LogP contribution in [0.4, 0.5) is 14.5 Å². The zero-order valence-electron chi connectivity index (χ0n) is 9.31. The Morgan fingerprint density at radius 1 is 1.40 bits per heavy atom. The maximum atomic E-state index is 13.5. The Morgan fingerprint density at radius 3 is 2.75 bits per heavy atom. The summed E-state index contributed by atoms with van der Waals surface area (Å²) < 4.78 is 31.8. The van der Waals surface area contributed by atoms with Crippen molar-refractivity contribution in [2.75, 3.05) is 0 Å². The lowest BCUT2D eigenvalue weighted by Crippen LogP contribution is -2.00. The first-order valence-corrected chi connectivity index (χ1v) is 6.05. The number of ether oxygens (including phenoxy) is 1. The molecule has 10 heteroatoms. The number of nitro groups is 1. The largest absolute Gasteiger partial charge is 0.430 e. The minimum absolute atomic E-state index is 0.189. The summed E-state index contributed by atoms with van der Waals surface area (Å²) >= 11 is 8.43. The van der Waals surface area contributed by atoms with Crippen LogP contribution < -0.4 is 4.74 Å². The van der Waals surface area contributed by atoms with Crippen molar-refractivity contribution in [3.8, 4) is 11.6 Å². The number of hydrogen-bond donors (Lipinski definition) is 0. The maximum absolute atomic E-state index is 13.5. The molecule has 0 atom stereocenters. The van der Waals surface area contributed by atoms with Crippen molar-refractivity contribution in [2.24, 2.45) is 0 Å². The quantitative estimate of drug-likeness (QED) is 0.357. The van der Waals surface area contributed by atoms with Crippen LogP contribution in [0.5, 0.6) is 11.6 Å². The van der Waals surface area contributed by atoms with Crippen LogP contribution in [0.2, 0.25) is 5.28 Å². The Hall–Kier alpha value is -1.87. The molecular formula is C10H3BrClF2N3O3. The van der Waals surface area contributed by atoms with E-state index in [1.165, 1.54) is 0 Å². The van der Waals surface area contributed by atoms with E-state index in [4.69, 9.17) is 16.3 Å². The monoisotopic (exact) mass is 365 g/mol. The summed E-state index contributed by atoms with van der Waals surface area (Å²) in [6, 6.07) is 1.97. The summed E-state index contributed by atoms with van der Waals surface area (Å²) in [7, 11) is 0. The molecular weight excluding hydrogens is 363 g/mol. The summed E-state index contributed by atoms with van der Waals surface area (Å²) in [4.78, 5) is 16.8. The smallest absolute Gasteiger partial charge is 0.349 e.